The monoisotopic (exact) mass is 711 g/mol. The van der Waals surface area contributed by atoms with Gasteiger partial charge in [-0.25, -0.2) is 4.72 Å². The topological polar surface area (TPSA) is 104 Å². The van der Waals surface area contributed by atoms with E-state index in [-0.39, 0.29) is 23.4 Å². The quantitative estimate of drug-likeness (QED) is 0.332. The number of ether oxygens (including phenoxy) is 1. The smallest absolute Gasteiger partial charge is 0.303 e. The molecule has 0 bridgehead atoms. The van der Waals surface area contributed by atoms with Crippen LogP contribution in [-0.2, 0) is 21.5 Å². The molecule has 3 atom stereocenters. The van der Waals surface area contributed by atoms with Crippen molar-refractivity contribution in [2.45, 2.75) is 75.8 Å². The molecule has 0 spiro atoms. The van der Waals surface area contributed by atoms with Crippen LogP contribution in [0.3, 0.4) is 0 Å². The number of piperazine rings is 1. The van der Waals surface area contributed by atoms with Crippen molar-refractivity contribution in [2.24, 2.45) is 5.41 Å². The molecule has 2 aromatic carbocycles. The number of likely N-dealkylation sites (N-methyl/N-ethyl adjacent to an activating group) is 1. The van der Waals surface area contributed by atoms with E-state index in [0.29, 0.717) is 19.0 Å². The Morgan fingerprint density at radius 2 is 1.82 bits per heavy atom. The van der Waals surface area contributed by atoms with Crippen LogP contribution in [0.5, 0.6) is 5.75 Å². The average molecular weight is 712 g/mol. The lowest BCUT2D eigenvalue weighted by Gasteiger charge is -2.43. The van der Waals surface area contributed by atoms with Crippen LogP contribution in [0.4, 0.5) is 0 Å². The summed E-state index contributed by atoms with van der Waals surface area (Å²) in [5.74, 6) is 0.663. The minimum absolute atomic E-state index is 0.0101. The molecular weight excluding hydrogens is 663 g/mol. The van der Waals surface area contributed by atoms with Gasteiger partial charge in [0.15, 0.2) is 0 Å². The number of aromatic nitrogens is 1. The number of hydrogen-bond donors (Lipinski definition) is 1. The van der Waals surface area contributed by atoms with Crippen molar-refractivity contribution in [3.63, 3.8) is 0 Å². The van der Waals surface area contributed by atoms with Gasteiger partial charge >= 0.3 is 10.2 Å². The van der Waals surface area contributed by atoms with Gasteiger partial charge in [0.25, 0.3) is 5.91 Å². The summed E-state index contributed by atoms with van der Waals surface area (Å²) in [6.45, 7) is 2.77. The van der Waals surface area contributed by atoms with Crippen LogP contribution in [0, 0.1) is 5.41 Å². The number of methoxy groups -OCH3 is 1. The number of carbonyl (C=O) groups is 2. The number of nitrogens with zero attached hydrogens (tertiary/aromatic N) is 4. The number of carbonyl (C=O) groups excluding carboxylic acids is 2. The third-order valence-corrected chi connectivity index (χ3v) is 13.6. The molecule has 1 saturated heterocycles. The highest BCUT2D eigenvalue weighted by atomic mass is 32.2. The van der Waals surface area contributed by atoms with Gasteiger partial charge in [0.1, 0.15) is 5.75 Å². The average Bonchev–Trinajstić information content (AvgIpc) is 3.81. The minimum Gasteiger partial charge on any atom is -0.497 e. The number of nitrogens with one attached hydrogen (secondary N) is 1. The summed E-state index contributed by atoms with van der Waals surface area (Å²) in [6, 6.07) is 11.9. The van der Waals surface area contributed by atoms with E-state index < -0.39 is 21.5 Å². The second kappa shape index (κ2) is 12.9. The van der Waals surface area contributed by atoms with Gasteiger partial charge in [0.05, 0.1) is 24.3 Å². The predicted octanol–water partition coefficient (Wildman–Crippen LogP) is 5.81. The molecular formula is C40H49N5O5S. The summed E-state index contributed by atoms with van der Waals surface area (Å²) in [6.07, 6.45) is 15.2. The molecule has 3 aliphatic carbocycles. The maximum atomic E-state index is 15.3. The summed E-state index contributed by atoms with van der Waals surface area (Å²) in [7, 11) is 2.63. The van der Waals surface area contributed by atoms with Crippen molar-refractivity contribution in [1.29, 1.82) is 0 Å². The lowest BCUT2D eigenvalue weighted by Crippen LogP contribution is -2.57. The van der Waals surface area contributed by atoms with E-state index in [4.69, 9.17) is 4.74 Å². The Balaban J connectivity index is 1.31. The zero-order valence-corrected chi connectivity index (χ0v) is 31.0. The van der Waals surface area contributed by atoms with E-state index in [2.05, 4.69) is 56.5 Å². The molecule has 51 heavy (non-hydrogen) atoms. The van der Waals surface area contributed by atoms with Gasteiger partial charge in [-0.3, -0.25) is 9.59 Å². The molecule has 2 aliphatic heterocycles. The summed E-state index contributed by atoms with van der Waals surface area (Å²) in [5, 5.41) is 1.07. The highest BCUT2D eigenvalue weighted by molar-refractivity contribution is 7.87. The summed E-state index contributed by atoms with van der Waals surface area (Å²) in [4.78, 5) is 33.3. The first kappa shape index (κ1) is 34.2. The molecule has 0 radical (unpaired) electrons. The third-order valence-electron chi connectivity index (χ3n) is 12.2. The Morgan fingerprint density at radius 1 is 1.02 bits per heavy atom. The van der Waals surface area contributed by atoms with E-state index in [1.807, 2.05) is 18.2 Å². The first-order valence-corrected chi connectivity index (χ1v) is 19.9. The molecule has 11 heteroatoms. The van der Waals surface area contributed by atoms with E-state index in [9.17, 15) is 13.2 Å². The maximum absolute atomic E-state index is 15.3. The summed E-state index contributed by atoms with van der Waals surface area (Å²) in [5.41, 5.74) is 6.38. The molecule has 3 fully saturated rings. The van der Waals surface area contributed by atoms with Crippen molar-refractivity contribution in [3.05, 3.63) is 76.9 Å². The Bertz CT molecular complexity index is 2080. The van der Waals surface area contributed by atoms with Gasteiger partial charge in [0.2, 0.25) is 5.91 Å². The summed E-state index contributed by atoms with van der Waals surface area (Å²) < 4.78 is 36.6. The predicted molar refractivity (Wildman–Crippen MR) is 199 cm³/mol. The van der Waals surface area contributed by atoms with Gasteiger partial charge in [-0.15, -0.1) is 0 Å². The van der Waals surface area contributed by atoms with Crippen LogP contribution in [0.25, 0.3) is 22.2 Å². The van der Waals surface area contributed by atoms with E-state index in [1.165, 1.54) is 31.7 Å². The fourth-order valence-electron chi connectivity index (χ4n) is 9.30. The normalized spacial score (nSPS) is 25.1. The van der Waals surface area contributed by atoms with Crippen LogP contribution < -0.4 is 9.46 Å². The van der Waals surface area contributed by atoms with Gasteiger partial charge < -0.3 is 19.1 Å². The molecule has 270 valence electrons. The molecule has 3 aromatic rings. The van der Waals surface area contributed by atoms with Gasteiger partial charge in [0, 0.05) is 68.2 Å². The van der Waals surface area contributed by atoms with Crippen LogP contribution in [0.2, 0.25) is 0 Å². The van der Waals surface area contributed by atoms with Crippen molar-refractivity contribution in [1.82, 2.24) is 23.4 Å². The molecule has 3 heterocycles. The fraction of sp³-hybridized carbons (Fsp3) is 0.500. The Kier molecular flexibility index (Phi) is 8.66. The molecule has 8 rings (SSSR count). The van der Waals surface area contributed by atoms with Crippen LogP contribution in [-0.4, -0.2) is 92.8 Å². The Hall–Kier alpha value is -3.93. The Morgan fingerprint density at radius 3 is 2.55 bits per heavy atom. The van der Waals surface area contributed by atoms with Crippen LogP contribution >= 0.6 is 0 Å². The number of allylic oxidation sites excluding steroid dienone is 2. The number of rotatable bonds is 7. The Labute approximate surface area is 301 Å². The number of amides is 2. The lowest BCUT2D eigenvalue weighted by molar-refractivity contribution is -0.141. The van der Waals surface area contributed by atoms with E-state index >= 15 is 4.79 Å². The van der Waals surface area contributed by atoms with Crippen molar-refractivity contribution >= 4 is 32.9 Å². The SMILES string of the molecule is COc1ccc2c(c1)C1CC1(C(=O)N1CCN(C)CC1C1=CCCC=C1)Cn1c-2c(C2CCCCC2)c2ccc(C(=O)NS(=O)(=O)N(C)C)cc21. The number of benzene rings is 2. The highest BCUT2D eigenvalue weighted by Gasteiger charge is 2.64. The zero-order chi connectivity index (χ0) is 35.7. The van der Waals surface area contributed by atoms with Gasteiger partial charge in [-0.1, -0.05) is 43.6 Å². The molecule has 1 N–H and O–H groups in total. The highest BCUT2D eigenvalue weighted by Crippen LogP contribution is 2.66. The fourth-order valence-corrected chi connectivity index (χ4v) is 9.84. The molecule has 10 nitrogen and oxygen atoms in total. The largest absolute Gasteiger partial charge is 0.497 e. The first-order chi connectivity index (χ1) is 24.5. The maximum Gasteiger partial charge on any atom is 0.303 e. The third kappa shape index (κ3) is 5.81. The van der Waals surface area contributed by atoms with E-state index in [0.717, 1.165) is 95.8 Å². The van der Waals surface area contributed by atoms with Crippen LogP contribution in [0.15, 0.2) is 60.2 Å². The molecule has 3 unspecified atom stereocenters. The van der Waals surface area contributed by atoms with Crippen molar-refractivity contribution < 1.29 is 22.7 Å². The lowest BCUT2D eigenvalue weighted by atomic mass is 9.81. The van der Waals surface area contributed by atoms with Gasteiger partial charge in [-0.05, 0) is 92.1 Å². The molecule has 5 aliphatic rings. The number of fused-ring (bicyclic) bond motifs is 7. The second-order valence-electron chi connectivity index (χ2n) is 15.5. The summed E-state index contributed by atoms with van der Waals surface area (Å²) >= 11 is 0. The second-order valence-corrected chi connectivity index (χ2v) is 17.3. The van der Waals surface area contributed by atoms with Crippen molar-refractivity contribution in [2.75, 3.05) is 47.9 Å². The van der Waals surface area contributed by atoms with Crippen LogP contribution in [0.1, 0.15) is 84.7 Å². The first-order valence-electron chi connectivity index (χ1n) is 18.5. The molecule has 2 saturated carbocycles. The van der Waals surface area contributed by atoms with Crippen molar-refractivity contribution in [3.8, 4) is 17.0 Å². The van der Waals surface area contributed by atoms with Gasteiger partial charge in [-0.2, -0.15) is 12.7 Å². The molecule has 2 amide bonds. The molecule has 1 aromatic heterocycles. The zero-order valence-electron chi connectivity index (χ0n) is 30.2. The van der Waals surface area contributed by atoms with E-state index in [1.54, 1.807) is 13.2 Å². The number of hydrogen-bond acceptors (Lipinski definition) is 6. The minimum atomic E-state index is -3.98. The standard InChI is InChI=1S/C40H49N5O5S/c1-42(2)51(48,49)41-38(46)28-15-17-31-34(21-28)45-25-40(39(47)44-20-19-43(3)24-35(44)26-11-7-5-8-12-26)23-33(40)32-22-29(50-4)16-18-30(32)37(45)36(31)27-13-9-6-10-14-27/h7,11-12,15-18,21-22,27,33,35H,5-6,8-10,13-14,19-20,23-25H2,1-4H3,(H,41,46).